The minimum atomic E-state index is -0.0853. The molecule has 3 saturated heterocycles. The van der Waals surface area contributed by atoms with Crippen LogP contribution in [0.15, 0.2) is 30.3 Å². The second kappa shape index (κ2) is 12.8. The van der Waals surface area contributed by atoms with Gasteiger partial charge in [0.2, 0.25) is 5.95 Å². The van der Waals surface area contributed by atoms with Crippen LogP contribution in [0.25, 0.3) is 0 Å². The van der Waals surface area contributed by atoms with Crippen molar-refractivity contribution in [2.45, 2.75) is 76.2 Å². The predicted octanol–water partition coefficient (Wildman–Crippen LogP) is 5.92. The Balaban J connectivity index is 1.34. The molecule has 38 heavy (non-hydrogen) atoms. The molecule has 3 aliphatic rings. The van der Waals surface area contributed by atoms with E-state index in [0.717, 1.165) is 62.3 Å². The van der Waals surface area contributed by atoms with Gasteiger partial charge < -0.3 is 25.2 Å². The number of aromatic nitrogens is 2. The topological polar surface area (TPSA) is 65.5 Å². The van der Waals surface area contributed by atoms with Crippen LogP contribution in [0.1, 0.15) is 70.3 Å². The summed E-state index contributed by atoms with van der Waals surface area (Å²) in [6.07, 6.45) is 10.5. The van der Waals surface area contributed by atoms with E-state index >= 15 is 0 Å². The largest absolute Gasteiger partial charge is 0.381 e. The molecule has 0 bridgehead atoms. The second-order valence-electron chi connectivity index (χ2n) is 11.1. The number of halogens is 1. The monoisotopic (exact) mass is 556 g/mol. The van der Waals surface area contributed by atoms with Crippen molar-refractivity contribution in [3.63, 3.8) is 0 Å². The van der Waals surface area contributed by atoms with Gasteiger partial charge in [0, 0.05) is 61.9 Å². The fourth-order valence-corrected chi connectivity index (χ4v) is 6.42. The molecule has 2 N–H and O–H groups in total. The van der Waals surface area contributed by atoms with Crippen molar-refractivity contribution in [2.24, 2.45) is 0 Å². The lowest BCUT2D eigenvalue weighted by molar-refractivity contribution is 0.0515. The lowest BCUT2D eigenvalue weighted by Crippen LogP contribution is -2.45. The van der Waals surface area contributed by atoms with E-state index in [1.165, 1.54) is 50.5 Å². The Morgan fingerprint density at radius 1 is 1.03 bits per heavy atom. The van der Waals surface area contributed by atoms with E-state index in [4.69, 9.17) is 38.5 Å². The highest BCUT2D eigenvalue weighted by Gasteiger charge is 2.35. The van der Waals surface area contributed by atoms with E-state index < -0.39 is 0 Å². The van der Waals surface area contributed by atoms with Crippen molar-refractivity contribution >= 4 is 46.5 Å². The number of ether oxygens (including phenoxy) is 1. The van der Waals surface area contributed by atoms with Gasteiger partial charge in [-0.15, -0.1) is 0 Å². The third kappa shape index (κ3) is 6.69. The summed E-state index contributed by atoms with van der Waals surface area (Å²) in [6.45, 7) is 7.57. The van der Waals surface area contributed by atoms with Crippen LogP contribution in [-0.4, -0.2) is 60.5 Å². The fraction of sp³-hybridized carbons (Fsp3) is 0.621. The molecule has 0 amide bonds. The number of anilines is 3. The fourth-order valence-electron chi connectivity index (χ4n) is 6.07. The maximum atomic E-state index is 6.36. The van der Waals surface area contributed by atoms with Gasteiger partial charge in [-0.1, -0.05) is 36.6 Å². The Morgan fingerprint density at radius 2 is 1.76 bits per heavy atom. The quantitative estimate of drug-likeness (QED) is 0.425. The van der Waals surface area contributed by atoms with Crippen molar-refractivity contribution in [1.82, 2.24) is 15.3 Å². The number of rotatable bonds is 6. The average Bonchev–Trinajstić information content (AvgIpc) is 3.22. The molecule has 206 valence electrons. The zero-order valence-corrected chi connectivity index (χ0v) is 24.1. The standard InChI is InChI=1S/C29H41ClN6OS/c1-22-9-4-7-16-36(22)26-20-25(35-14-5-2-3-6-15-35)32-27(33-26)34-28(38)31-21-29(12-17-37-18-13-29)23-10-8-11-24(30)19-23/h8,10-11,19-20,22H,2-7,9,12-18,21H2,1H3,(H2,31,32,33,34,38)/t22-/m0/s1. The molecule has 2 aromatic rings. The summed E-state index contributed by atoms with van der Waals surface area (Å²) in [6, 6.07) is 10.8. The number of nitrogens with one attached hydrogen (secondary N) is 2. The van der Waals surface area contributed by atoms with Crippen LogP contribution >= 0.6 is 23.8 Å². The van der Waals surface area contributed by atoms with Gasteiger partial charge in [0.25, 0.3) is 0 Å². The SMILES string of the molecule is C[C@H]1CCCCN1c1cc(N2CCCCCC2)nc(NC(=S)NCC2(c3cccc(Cl)c3)CCOCC2)n1. The molecule has 0 unspecified atom stereocenters. The molecule has 0 radical (unpaired) electrons. The van der Waals surface area contributed by atoms with Crippen LogP contribution in [0, 0.1) is 0 Å². The van der Waals surface area contributed by atoms with E-state index in [1.54, 1.807) is 0 Å². The molecule has 0 aliphatic carbocycles. The molecule has 0 saturated carbocycles. The van der Waals surface area contributed by atoms with Crippen LogP contribution in [0.3, 0.4) is 0 Å². The maximum Gasteiger partial charge on any atom is 0.232 e. The predicted molar refractivity (Wildman–Crippen MR) is 161 cm³/mol. The molecule has 4 heterocycles. The van der Waals surface area contributed by atoms with Crippen LogP contribution < -0.4 is 20.4 Å². The maximum absolute atomic E-state index is 6.36. The molecular weight excluding hydrogens is 516 g/mol. The minimum Gasteiger partial charge on any atom is -0.381 e. The van der Waals surface area contributed by atoms with Crippen molar-refractivity contribution in [3.8, 4) is 0 Å². The molecule has 1 aromatic heterocycles. The van der Waals surface area contributed by atoms with Gasteiger partial charge in [0.15, 0.2) is 5.11 Å². The van der Waals surface area contributed by atoms with Crippen LogP contribution in [0.4, 0.5) is 17.6 Å². The third-order valence-corrected chi connectivity index (χ3v) is 8.91. The summed E-state index contributed by atoms with van der Waals surface area (Å²) in [5.74, 6) is 2.57. The van der Waals surface area contributed by atoms with Crippen molar-refractivity contribution in [2.75, 3.05) is 54.5 Å². The van der Waals surface area contributed by atoms with Crippen LogP contribution in [0.5, 0.6) is 0 Å². The van der Waals surface area contributed by atoms with Gasteiger partial charge in [-0.2, -0.15) is 9.97 Å². The first-order valence-corrected chi connectivity index (χ1v) is 15.1. The molecule has 5 rings (SSSR count). The zero-order valence-electron chi connectivity index (χ0n) is 22.6. The summed E-state index contributed by atoms with van der Waals surface area (Å²) in [5.41, 5.74) is 1.14. The summed E-state index contributed by atoms with van der Waals surface area (Å²) in [5, 5.41) is 8.13. The highest BCUT2D eigenvalue weighted by molar-refractivity contribution is 7.80. The molecule has 7 nitrogen and oxygen atoms in total. The van der Waals surface area contributed by atoms with Gasteiger partial charge in [-0.25, -0.2) is 0 Å². The Kier molecular flexibility index (Phi) is 9.23. The lowest BCUT2D eigenvalue weighted by Gasteiger charge is -2.38. The Morgan fingerprint density at radius 3 is 2.50 bits per heavy atom. The van der Waals surface area contributed by atoms with Crippen LogP contribution in [-0.2, 0) is 10.2 Å². The first-order valence-electron chi connectivity index (χ1n) is 14.3. The summed E-state index contributed by atoms with van der Waals surface area (Å²) >= 11 is 12.1. The normalized spacial score (nSPS) is 22.0. The van der Waals surface area contributed by atoms with Gasteiger partial charge in [0.1, 0.15) is 11.6 Å². The van der Waals surface area contributed by atoms with E-state index in [2.05, 4.69) is 45.6 Å². The van der Waals surface area contributed by atoms with E-state index in [1.807, 2.05) is 12.1 Å². The van der Waals surface area contributed by atoms with Crippen LogP contribution in [0.2, 0.25) is 5.02 Å². The molecule has 9 heteroatoms. The van der Waals surface area contributed by atoms with E-state index in [0.29, 0.717) is 23.6 Å². The average molecular weight is 557 g/mol. The first kappa shape index (κ1) is 27.4. The number of hydrogen-bond acceptors (Lipinski definition) is 6. The molecule has 1 atom stereocenters. The lowest BCUT2D eigenvalue weighted by atomic mass is 9.74. The van der Waals surface area contributed by atoms with E-state index in [9.17, 15) is 0 Å². The number of benzene rings is 1. The molecule has 1 aromatic carbocycles. The number of hydrogen-bond donors (Lipinski definition) is 2. The molecular formula is C29H41ClN6OS. The van der Waals surface area contributed by atoms with E-state index in [-0.39, 0.29) is 5.41 Å². The highest BCUT2D eigenvalue weighted by Crippen LogP contribution is 2.35. The van der Waals surface area contributed by atoms with Gasteiger partial charge in [-0.3, -0.25) is 0 Å². The molecule has 3 aliphatic heterocycles. The zero-order chi connectivity index (χ0) is 26.4. The Labute approximate surface area is 237 Å². The van der Waals surface area contributed by atoms with Gasteiger partial charge in [-0.05, 0) is 81.8 Å². The van der Waals surface area contributed by atoms with Crippen molar-refractivity contribution in [1.29, 1.82) is 0 Å². The third-order valence-electron chi connectivity index (χ3n) is 8.43. The molecule has 3 fully saturated rings. The smallest absolute Gasteiger partial charge is 0.232 e. The van der Waals surface area contributed by atoms with Gasteiger partial charge in [0.05, 0.1) is 0 Å². The van der Waals surface area contributed by atoms with Crippen molar-refractivity contribution < 1.29 is 4.74 Å². The molecule has 0 spiro atoms. The number of piperidine rings is 1. The highest BCUT2D eigenvalue weighted by atomic mass is 35.5. The van der Waals surface area contributed by atoms with Gasteiger partial charge >= 0.3 is 0 Å². The Bertz CT molecular complexity index is 1090. The summed E-state index contributed by atoms with van der Waals surface area (Å²) in [7, 11) is 0. The summed E-state index contributed by atoms with van der Waals surface area (Å²) in [4.78, 5) is 14.8. The number of nitrogens with zero attached hydrogens (tertiary/aromatic N) is 4. The van der Waals surface area contributed by atoms with Crippen molar-refractivity contribution in [3.05, 3.63) is 40.9 Å². The minimum absolute atomic E-state index is 0.0853. The Hall–Kier alpha value is -2.16. The second-order valence-corrected chi connectivity index (χ2v) is 11.9. The summed E-state index contributed by atoms with van der Waals surface area (Å²) < 4.78 is 5.70. The number of thiocarbonyl (C=S) groups is 1. The first-order chi connectivity index (χ1) is 18.5.